The third-order valence-corrected chi connectivity index (χ3v) is 5.46. The van der Waals surface area contributed by atoms with E-state index in [2.05, 4.69) is 10.6 Å². The number of thioether (sulfide) groups is 2. The molecular formula is C14H24N2O4S2. The fraction of sp³-hybridized carbons (Fsp3) is 0.857. The Morgan fingerprint density at radius 3 is 1.55 bits per heavy atom. The molecule has 4 N–H and O–H groups in total. The monoisotopic (exact) mass is 348 g/mol. The van der Waals surface area contributed by atoms with Crippen LogP contribution in [0, 0.1) is 0 Å². The average Bonchev–Trinajstić information content (AvgIpc) is 3.35. The fourth-order valence-electron chi connectivity index (χ4n) is 1.76. The van der Waals surface area contributed by atoms with Gasteiger partial charge in [0.05, 0.1) is 23.7 Å². The third kappa shape index (κ3) is 7.71. The van der Waals surface area contributed by atoms with Crippen LogP contribution in [0.25, 0.3) is 0 Å². The van der Waals surface area contributed by atoms with E-state index in [1.54, 1.807) is 0 Å². The summed E-state index contributed by atoms with van der Waals surface area (Å²) in [6.07, 6.45) is 2.48. The Bertz CT molecular complexity index is 353. The Morgan fingerprint density at radius 1 is 0.864 bits per heavy atom. The normalized spacial score (nSPS) is 20.3. The Kier molecular flexibility index (Phi) is 7.33. The second-order valence-electron chi connectivity index (χ2n) is 5.85. The van der Waals surface area contributed by atoms with Gasteiger partial charge in [-0.15, -0.1) is 23.5 Å². The molecule has 0 heterocycles. The standard InChI is InChI=1S/C14H24N2O4S2/c17-11(5-21-7-13(19)15-9-1-2-9)12(18)6-22-8-14(20)16-10-3-4-10/h9-12,17-18H,1-8H2,(H,15,19)(H,16,20)/t11-,12-/m1/s1. The zero-order valence-corrected chi connectivity index (χ0v) is 14.1. The minimum atomic E-state index is -0.877. The molecule has 0 saturated heterocycles. The molecule has 2 rings (SSSR count). The molecule has 0 unspecified atom stereocenters. The number of amides is 2. The second kappa shape index (κ2) is 9.00. The van der Waals surface area contributed by atoms with Crippen molar-refractivity contribution in [2.75, 3.05) is 23.0 Å². The summed E-state index contributed by atoms with van der Waals surface area (Å²) in [5.41, 5.74) is 0. The molecule has 2 aliphatic rings. The summed E-state index contributed by atoms with van der Waals surface area (Å²) < 4.78 is 0. The van der Waals surface area contributed by atoms with Crippen LogP contribution in [0.5, 0.6) is 0 Å². The highest BCUT2D eigenvalue weighted by Gasteiger charge is 2.24. The van der Waals surface area contributed by atoms with Gasteiger partial charge in [-0.2, -0.15) is 0 Å². The van der Waals surface area contributed by atoms with E-state index in [4.69, 9.17) is 0 Å². The van der Waals surface area contributed by atoms with Crippen molar-refractivity contribution in [1.82, 2.24) is 10.6 Å². The molecule has 0 bridgehead atoms. The number of aliphatic hydroxyl groups excluding tert-OH is 2. The third-order valence-electron chi connectivity index (χ3n) is 3.37. The lowest BCUT2D eigenvalue weighted by Crippen LogP contribution is -2.33. The number of hydrogen-bond acceptors (Lipinski definition) is 6. The molecule has 0 aromatic heterocycles. The summed E-state index contributed by atoms with van der Waals surface area (Å²) in [5.74, 6) is 1.21. The SMILES string of the molecule is O=C(CSC[C@@H](O)[C@H](O)CSCC(=O)NC1CC1)NC1CC1. The van der Waals surface area contributed by atoms with Gasteiger partial charge in [-0.05, 0) is 25.7 Å². The van der Waals surface area contributed by atoms with Crippen molar-refractivity contribution < 1.29 is 19.8 Å². The molecule has 2 saturated carbocycles. The van der Waals surface area contributed by atoms with Crippen molar-refractivity contribution >= 4 is 35.3 Å². The van der Waals surface area contributed by atoms with Crippen molar-refractivity contribution in [2.45, 2.75) is 50.0 Å². The molecule has 8 heteroatoms. The van der Waals surface area contributed by atoms with Gasteiger partial charge in [0, 0.05) is 23.6 Å². The molecule has 126 valence electrons. The number of carbonyl (C=O) groups is 2. The second-order valence-corrected chi connectivity index (χ2v) is 7.91. The smallest absolute Gasteiger partial charge is 0.230 e. The summed E-state index contributed by atoms with van der Waals surface area (Å²) in [6.45, 7) is 0. The highest BCUT2D eigenvalue weighted by atomic mass is 32.2. The zero-order chi connectivity index (χ0) is 15.9. The van der Waals surface area contributed by atoms with Crippen molar-refractivity contribution in [2.24, 2.45) is 0 Å². The van der Waals surface area contributed by atoms with E-state index in [1.165, 1.54) is 23.5 Å². The molecule has 22 heavy (non-hydrogen) atoms. The summed E-state index contributed by atoms with van der Waals surface area (Å²) in [6, 6.07) is 0.698. The molecule has 0 radical (unpaired) electrons. The molecular weight excluding hydrogens is 324 g/mol. The molecule has 2 atom stereocenters. The maximum atomic E-state index is 11.5. The Hall–Kier alpha value is -0.440. The lowest BCUT2D eigenvalue weighted by Gasteiger charge is -2.17. The molecule has 0 spiro atoms. The molecule has 0 aliphatic heterocycles. The summed E-state index contributed by atoms with van der Waals surface area (Å²) in [5, 5.41) is 25.4. The number of nitrogens with one attached hydrogen (secondary N) is 2. The lowest BCUT2D eigenvalue weighted by molar-refractivity contribution is -0.119. The molecule has 2 fully saturated rings. The predicted molar refractivity (Wildman–Crippen MR) is 89.0 cm³/mol. The van der Waals surface area contributed by atoms with Gasteiger partial charge in [0.1, 0.15) is 0 Å². The van der Waals surface area contributed by atoms with Crippen LogP contribution in [-0.4, -0.2) is 69.3 Å². The minimum absolute atomic E-state index is 0.0136. The topological polar surface area (TPSA) is 98.7 Å². The zero-order valence-electron chi connectivity index (χ0n) is 12.5. The minimum Gasteiger partial charge on any atom is -0.390 e. The van der Waals surface area contributed by atoms with Crippen molar-refractivity contribution in [3.05, 3.63) is 0 Å². The van der Waals surface area contributed by atoms with Gasteiger partial charge >= 0.3 is 0 Å². The maximum absolute atomic E-state index is 11.5. The predicted octanol–water partition coefficient (Wildman–Crippen LogP) is -0.268. The van der Waals surface area contributed by atoms with Gasteiger partial charge in [0.25, 0.3) is 0 Å². The molecule has 0 aromatic rings. The molecule has 2 aliphatic carbocycles. The van der Waals surface area contributed by atoms with E-state index < -0.39 is 12.2 Å². The summed E-state index contributed by atoms with van der Waals surface area (Å²) in [7, 11) is 0. The molecule has 6 nitrogen and oxygen atoms in total. The fourth-order valence-corrected chi connectivity index (χ4v) is 3.46. The van der Waals surface area contributed by atoms with Gasteiger partial charge in [-0.3, -0.25) is 9.59 Å². The maximum Gasteiger partial charge on any atom is 0.230 e. The van der Waals surface area contributed by atoms with Gasteiger partial charge in [-0.25, -0.2) is 0 Å². The first-order chi connectivity index (χ1) is 10.5. The highest BCUT2D eigenvalue weighted by Crippen LogP contribution is 2.19. The number of aliphatic hydroxyl groups is 2. The first kappa shape index (κ1) is 17.9. The van der Waals surface area contributed by atoms with Crippen LogP contribution in [0.1, 0.15) is 25.7 Å². The quantitative estimate of drug-likeness (QED) is 0.410. The molecule has 0 aromatic carbocycles. The van der Waals surface area contributed by atoms with Crippen molar-refractivity contribution in [3.63, 3.8) is 0 Å². The van der Waals surface area contributed by atoms with Crippen LogP contribution in [0.4, 0.5) is 0 Å². The van der Waals surface area contributed by atoms with E-state index in [0.717, 1.165) is 25.7 Å². The molecule has 2 amide bonds. The van der Waals surface area contributed by atoms with Gasteiger partial charge < -0.3 is 20.8 Å². The van der Waals surface area contributed by atoms with Crippen molar-refractivity contribution in [3.8, 4) is 0 Å². The van der Waals surface area contributed by atoms with Crippen LogP contribution in [-0.2, 0) is 9.59 Å². The van der Waals surface area contributed by atoms with Gasteiger partial charge in [0.2, 0.25) is 11.8 Å². The van der Waals surface area contributed by atoms with Crippen LogP contribution >= 0.6 is 23.5 Å². The number of hydrogen-bond donors (Lipinski definition) is 4. The largest absolute Gasteiger partial charge is 0.390 e. The van der Waals surface area contributed by atoms with E-state index in [-0.39, 0.29) is 11.8 Å². The van der Waals surface area contributed by atoms with E-state index in [0.29, 0.717) is 35.1 Å². The number of carbonyl (C=O) groups excluding carboxylic acids is 2. The Labute approximate surface area is 139 Å². The van der Waals surface area contributed by atoms with Crippen LogP contribution < -0.4 is 10.6 Å². The van der Waals surface area contributed by atoms with Gasteiger partial charge in [0.15, 0.2) is 0 Å². The summed E-state index contributed by atoms with van der Waals surface area (Å²) in [4.78, 5) is 22.9. The first-order valence-electron chi connectivity index (χ1n) is 7.65. The Balaban J connectivity index is 1.47. The first-order valence-corrected chi connectivity index (χ1v) is 9.96. The van der Waals surface area contributed by atoms with Gasteiger partial charge in [-0.1, -0.05) is 0 Å². The average molecular weight is 348 g/mol. The summed E-state index contributed by atoms with van der Waals surface area (Å²) >= 11 is 2.63. The van der Waals surface area contributed by atoms with E-state index >= 15 is 0 Å². The number of rotatable bonds is 11. The van der Waals surface area contributed by atoms with Crippen LogP contribution in [0.3, 0.4) is 0 Å². The Morgan fingerprint density at radius 2 is 1.23 bits per heavy atom. The highest BCUT2D eigenvalue weighted by molar-refractivity contribution is 8.00. The van der Waals surface area contributed by atoms with E-state index in [1.807, 2.05) is 0 Å². The van der Waals surface area contributed by atoms with E-state index in [9.17, 15) is 19.8 Å². The lowest BCUT2D eigenvalue weighted by atomic mass is 10.3. The van der Waals surface area contributed by atoms with Crippen LogP contribution in [0.15, 0.2) is 0 Å². The van der Waals surface area contributed by atoms with Crippen LogP contribution in [0.2, 0.25) is 0 Å². The van der Waals surface area contributed by atoms with Crippen molar-refractivity contribution in [1.29, 1.82) is 0 Å².